The molecule has 0 saturated carbocycles. The van der Waals surface area contributed by atoms with Crippen molar-refractivity contribution in [3.8, 4) is 0 Å². The van der Waals surface area contributed by atoms with E-state index in [-0.39, 0.29) is 6.04 Å². The third kappa shape index (κ3) is 3.32. The zero-order valence-corrected chi connectivity index (χ0v) is 12.5. The molecule has 1 saturated heterocycles. The Bertz CT molecular complexity index is 483. The predicted octanol–water partition coefficient (Wildman–Crippen LogP) is 1.79. The largest absolute Gasteiger partial charge is 0.313 e. The summed E-state index contributed by atoms with van der Waals surface area (Å²) < 4.78 is 27.4. The summed E-state index contributed by atoms with van der Waals surface area (Å²) in [4.78, 5) is 1.06. The molecule has 2 rings (SSSR count). The molecule has 4 nitrogen and oxygen atoms in total. The lowest BCUT2D eigenvalue weighted by Crippen LogP contribution is -2.43. The lowest BCUT2D eigenvalue weighted by molar-refractivity contribution is 0.398. The lowest BCUT2D eigenvalue weighted by atomic mass is 10.1. The number of nitrogens with one attached hydrogen (secondary N) is 2. The highest BCUT2D eigenvalue weighted by Gasteiger charge is 2.20. The van der Waals surface area contributed by atoms with Crippen LogP contribution in [0.15, 0.2) is 10.3 Å². The Morgan fingerprint density at radius 2 is 2.22 bits per heavy atom. The summed E-state index contributed by atoms with van der Waals surface area (Å²) >= 11 is 1.34. The monoisotopic (exact) mass is 288 g/mol. The summed E-state index contributed by atoms with van der Waals surface area (Å²) in [5.74, 6) is 0. The van der Waals surface area contributed by atoms with Gasteiger partial charge in [-0.25, -0.2) is 13.1 Å². The maximum absolute atomic E-state index is 12.1. The van der Waals surface area contributed by atoms with Crippen LogP contribution in [0.1, 0.15) is 29.7 Å². The molecule has 18 heavy (non-hydrogen) atoms. The summed E-state index contributed by atoms with van der Waals surface area (Å²) in [6.45, 7) is 5.36. The molecule has 1 fully saturated rings. The van der Waals surface area contributed by atoms with E-state index in [9.17, 15) is 8.42 Å². The van der Waals surface area contributed by atoms with Crippen molar-refractivity contribution < 1.29 is 8.42 Å². The Morgan fingerprint density at radius 3 is 2.78 bits per heavy atom. The van der Waals surface area contributed by atoms with Crippen LogP contribution in [0, 0.1) is 13.8 Å². The Kier molecular flexibility index (Phi) is 4.42. The Hall–Kier alpha value is -0.430. The molecule has 0 aromatic carbocycles. The maximum Gasteiger partial charge on any atom is 0.250 e. The summed E-state index contributed by atoms with van der Waals surface area (Å²) in [6, 6.07) is 2.02. The van der Waals surface area contributed by atoms with Crippen LogP contribution in [-0.4, -0.2) is 27.5 Å². The molecule has 0 amide bonds. The van der Waals surface area contributed by atoms with Crippen molar-refractivity contribution in [1.29, 1.82) is 0 Å². The second-order valence-corrected chi connectivity index (χ2v) is 8.05. The molecule has 102 valence electrons. The number of thiophene rings is 1. The van der Waals surface area contributed by atoms with Crippen molar-refractivity contribution in [2.45, 2.75) is 43.4 Å². The van der Waals surface area contributed by atoms with E-state index in [1.165, 1.54) is 24.2 Å². The maximum atomic E-state index is 12.1. The SMILES string of the molecule is Cc1cc(S(=O)(=O)NC[C@@H]2CCCCN2)sc1C. The van der Waals surface area contributed by atoms with Gasteiger partial charge in [0.25, 0.3) is 0 Å². The Morgan fingerprint density at radius 1 is 1.44 bits per heavy atom. The number of piperidine rings is 1. The van der Waals surface area contributed by atoms with Crippen LogP contribution >= 0.6 is 11.3 Å². The predicted molar refractivity (Wildman–Crippen MR) is 74.6 cm³/mol. The van der Waals surface area contributed by atoms with E-state index in [2.05, 4.69) is 10.0 Å². The molecule has 2 N–H and O–H groups in total. The third-order valence-corrected chi connectivity index (χ3v) is 6.39. The molecule has 0 spiro atoms. The highest BCUT2D eigenvalue weighted by atomic mass is 32.2. The standard InChI is InChI=1S/C12H20N2O2S2/c1-9-7-12(17-10(9)2)18(15,16)14-8-11-5-3-4-6-13-11/h7,11,13-14H,3-6,8H2,1-2H3/t11-/m0/s1. The molecule has 1 atom stereocenters. The van der Waals surface area contributed by atoms with E-state index in [1.54, 1.807) is 6.07 Å². The van der Waals surface area contributed by atoms with Crippen LogP contribution in [-0.2, 0) is 10.0 Å². The van der Waals surface area contributed by atoms with Crippen LogP contribution in [0.3, 0.4) is 0 Å². The van der Waals surface area contributed by atoms with Gasteiger partial charge in [0.2, 0.25) is 10.0 Å². The van der Waals surface area contributed by atoms with E-state index in [4.69, 9.17) is 0 Å². The van der Waals surface area contributed by atoms with Gasteiger partial charge in [-0.2, -0.15) is 0 Å². The fourth-order valence-electron chi connectivity index (χ4n) is 2.05. The van der Waals surface area contributed by atoms with Crippen molar-refractivity contribution >= 4 is 21.4 Å². The van der Waals surface area contributed by atoms with Crippen LogP contribution in [0.25, 0.3) is 0 Å². The van der Waals surface area contributed by atoms with Gasteiger partial charge in [-0.1, -0.05) is 6.42 Å². The smallest absolute Gasteiger partial charge is 0.250 e. The molecule has 0 aliphatic carbocycles. The summed E-state index contributed by atoms with van der Waals surface area (Å²) in [6.07, 6.45) is 3.41. The van der Waals surface area contributed by atoms with Gasteiger partial charge < -0.3 is 5.32 Å². The Labute approximate surface area is 113 Å². The number of hydrogen-bond acceptors (Lipinski definition) is 4. The van der Waals surface area contributed by atoms with Gasteiger partial charge in [0.1, 0.15) is 4.21 Å². The first-order valence-corrected chi connectivity index (χ1v) is 8.59. The van der Waals surface area contributed by atoms with Gasteiger partial charge in [-0.3, -0.25) is 0 Å². The molecular formula is C12H20N2O2S2. The first-order chi connectivity index (χ1) is 8.49. The zero-order chi connectivity index (χ0) is 13.2. The molecule has 0 radical (unpaired) electrons. The third-order valence-electron chi connectivity index (χ3n) is 3.34. The van der Waals surface area contributed by atoms with Gasteiger partial charge >= 0.3 is 0 Å². The van der Waals surface area contributed by atoms with Crippen LogP contribution < -0.4 is 10.0 Å². The first-order valence-electron chi connectivity index (χ1n) is 6.29. The number of sulfonamides is 1. The number of aryl methyl sites for hydroxylation is 2. The Balaban J connectivity index is 1.98. The number of rotatable bonds is 4. The van der Waals surface area contributed by atoms with E-state index in [1.807, 2.05) is 13.8 Å². The van der Waals surface area contributed by atoms with Crippen molar-refractivity contribution in [2.75, 3.05) is 13.1 Å². The van der Waals surface area contributed by atoms with Gasteiger partial charge in [0.05, 0.1) is 0 Å². The van der Waals surface area contributed by atoms with Gasteiger partial charge in [-0.15, -0.1) is 11.3 Å². The molecule has 1 aromatic rings. The molecule has 1 aliphatic rings. The molecule has 0 bridgehead atoms. The quantitative estimate of drug-likeness (QED) is 0.888. The van der Waals surface area contributed by atoms with Gasteiger partial charge in [0, 0.05) is 17.5 Å². The molecular weight excluding hydrogens is 268 g/mol. The number of hydrogen-bond donors (Lipinski definition) is 2. The summed E-state index contributed by atoms with van der Waals surface area (Å²) in [5.41, 5.74) is 1.04. The average Bonchev–Trinajstić information content (AvgIpc) is 2.70. The van der Waals surface area contributed by atoms with Crippen molar-refractivity contribution in [3.05, 3.63) is 16.5 Å². The summed E-state index contributed by atoms with van der Waals surface area (Å²) in [7, 11) is -3.33. The van der Waals surface area contributed by atoms with E-state index >= 15 is 0 Å². The second-order valence-electron chi connectivity index (χ2n) is 4.80. The minimum Gasteiger partial charge on any atom is -0.313 e. The van der Waals surface area contributed by atoms with Gasteiger partial charge in [-0.05, 0) is 44.9 Å². The summed E-state index contributed by atoms with van der Waals surface area (Å²) in [5, 5.41) is 3.34. The van der Waals surface area contributed by atoms with E-state index in [0.717, 1.165) is 23.4 Å². The minimum atomic E-state index is -3.33. The van der Waals surface area contributed by atoms with E-state index in [0.29, 0.717) is 10.8 Å². The van der Waals surface area contributed by atoms with Crippen molar-refractivity contribution in [2.24, 2.45) is 0 Å². The first kappa shape index (κ1) is 14.0. The average molecular weight is 288 g/mol. The highest BCUT2D eigenvalue weighted by Crippen LogP contribution is 2.24. The highest BCUT2D eigenvalue weighted by molar-refractivity contribution is 7.91. The second kappa shape index (κ2) is 5.69. The van der Waals surface area contributed by atoms with Crippen LogP contribution in [0.2, 0.25) is 0 Å². The zero-order valence-electron chi connectivity index (χ0n) is 10.8. The lowest BCUT2D eigenvalue weighted by Gasteiger charge is -2.23. The molecule has 0 unspecified atom stereocenters. The van der Waals surface area contributed by atoms with Crippen molar-refractivity contribution in [1.82, 2.24) is 10.0 Å². The van der Waals surface area contributed by atoms with Gasteiger partial charge in [0.15, 0.2) is 0 Å². The topological polar surface area (TPSA) is 58.2 Å². The van der Waals surface area contributed by atoms with Crippen molar-refractivity contribution in [3.63, 3.8) is 0 Å². The van der Waals surface area contributed by atoms with Crippen LogP contribution in [0.4, 0.5) is 0 Å². The molecule has 6 heteroatoms. The molecule has 2 heterocycles. The minimum absolute atomic E-state index is 0.274. The van der Waals surface area contributed by atoms with Crippen LogP contribution in [0.5, 0.6) is 0 Å². The fourth-order valence-corrected chi connectivity index (χ4v) is 4.69. The normalized spacial score (nSPS) is 21.1. The molecule has 1 aliphatic heterocycles. The molecule has 1 aromatic heterocycles. The van der Waals surface area contributed by atoms with E-state index < -0.39 is 10.0 Å². The fraction of sp³-hybridized carbons (Fsp3) is 0.667.